The first-order valence-electron chi connectivity index (χ1n) is 10.3. The van der Waals surface area contributed by atoms with Crippen molar-refractivity contribution in [3.63, 3.8) is 0 Å². The molecule has 3 heterocycles. The maximum absolute atomic E-state index is 13.7. The lowest BCUT2D eigenvalue weighted by atomic mass is 10.0. The van der Waals surface area contributed by atoms with Crippen molar-refractivity contribution in [2.45, 2.75) is 6.04 Å². The number of hydrogen-bond acceptors (Lipinski definition) is 6. The summed E-state index contributed by atoms with van der Waals surface area (Å²) >= 11 is 1.53. The van der Waals surface area contributed by atoms with Gasteiger partial charge in [-0.25, -0.2) is 4.98 Å². The molecule has 1 atom stereocenters. The Kier molecular flexibility index (Phi) is 5.55. The molecule has 162 valence electrons. The fourth-order valence-electron chi connectivity index (χ4n) is 3.77. The van der Waals surface area contributed by atoms with Gasteiger partial charge >= 0.3 is 0 Å². The molecule has 0 spiro atoms. The Morgan fingerprint density at radius 1 is 1.12 bits per heavy atom. The lowest BCUT2D eigenvalue weighted by molar-refractivity contribution is -0.119. The first kappa shape index (κ1) is 20.8. The second-order valence-corrected chi connectivity index (χ2v) is 8.52. The fourth-order valence-corrected chi connectivity index (χ4v) is 4.93. The molecule has 2 aromatic heterocycles. The van der Waals surface area contributed by atoms with Crippen LogP contribution in [0.5, 0.6) is 0 Å². The number of anilines is 1. The Hall–Kier alpha value is -4.09. The zero-order chi connectivity index (χ0) is 22.8. The molecule has 1 N–H and O–H groups in total. The van der Waals surface area contributed by atoms with E-state index in [0.29, 0.717) is 45.4 Å². The maximum atomic E-state index is 13.7. The van der Waals surface area contributed by atoms with Crippen molar-refractivity contribution >= 4 is 40.2 Å². The van der Waals surface area contributed by atoms with Crippen LogP contribution >= 0.6 is 11.8 Å². The van der Waals surface area contributed by atoms with Gasteiger partial charge in [0.2, 0.25) is 5.91 Å². The van der Waals surface area contributed by atoms with Gasteiger partial charge < -0.3 is 14.6 Å². The highest BCUT2D eigenvalue weighted by Gasteiger charge is 2.36. The smallest absolute Gasteiger partial charge is 0.256 e. The van der Waals surface area contributed by atoms with Gasteiger partial charge in [-0.05, 0) is 48.5 Å². The minimum atomic E-state index is -0.614. The molecule has 2 aromatic carbocycles. The number of nitriles is 1. The minimum absolute atomic E-state index is 0.230. The van der Waals surface area contributed by atoms with Crippen LogP contribution < -0.4 is 5.32 Å². The second kappa shape index (κ2) is 8.81. The van der Waals surface area contributed by atoms with Crippen LogP contribution in [-0.2, 0) is 4.79 Å². The number of para-hydroxylation sites is 1. The molecule has 33 heavy (non-hydrogen) atoms. The average molecular weight is 455 g/mol. The van der Waals surface area contributed by atoms with Crippen molar-refractivity contribution in [3.8, 4) is 17.5 Å². The number of pyridine rings is 1. The van der Waals surface area contributed by atoms with Gasteiger partial charge in [0.05, 0.1) is 34.9 Å². The zero-order valence-corrected chi connectivity index (χ0v) is 18.2. The van der Waals surface area contributed by atoms with Crippen LogP contribution in [0.25, 0.3) is 22.4 Å². The minimum Gasteiger partial charge on any atom is -0.463 e. The quantitative estimate of drug-likeness (QED) is 0.487. The summed E-state index contributed by atoms with van der Waals surface area (Å²) in [6.07, 6.45) is 1.56. The van der Waals surface area contributed by atoms with E-state index >= 15 is 0 Å². The molecule has 4 aromatic rings. The van der Waals surface area contributed by atoms with E-state index in [1.54, 1.807) is 53.6 Å². The first-order valence-corrected chi connectivity index (χ1v) is 11.4. The van der Waals surface area contributed by atoms with Crippen LogP contribution in [0.15, 0.2) is 77.4 Å². The highest BCUT2D eigenvalue weighted by molar-refractivity contribution is 7.99. The summed E-state index contributed by atoms with van der Waals surface area (Å²) in [5.41, 5.74) is 2.81. The van der Waals surface area contributed by atoms with Crippen molar-refractivity contribution < 1.29 is 14.0 Å². The number of hydrogen-bond donors (Lipinski definition) is 1. The Morgan fingerprint density at radius 3 is 2.70 bits per heavy atom. The number of furan rings is 1. The van der Waals surface area contributed by atoms with Gasteiger partial charge in [-0.15, -0.1) is 11.8 Å². The summed E-state index contributed by atoms with van der Waals surface area (Å²) in [5, 5.41) is 12.5. The van der Waals surface area contributed by atoms with Crippen molar-refractivity contribution in [3.05, 3.63) is 84.1 Å². The molecule has 8 heteroatoms. The molecule has 0 bridgehead atoms. The third kappa shape index (κ3) is 4.06. The molecule has 2 amide bonds. The monoisotopic (exact) mass is 454 g/mol. The molecule has 0 saturated carbocycles. The number of nitrogens with one attached hydrogen (secondary N) is 1. The standard InChI is InChI=1S/C25H18N4O3S/c26-13-16-7-9-17(10-8-16)27-24(30)22-14-33-15-29(22)25(31)19-12-21(23-6-3-11-32-23)28-20-5-2-1-4-18(19)20/h1-12,22H,14-15H2,(H,27,30). The predicted octanol–water partition coefficient (Wildman–Crippen LogP) is 4.52. The highest BCUT2D eigenvalue weighted by atomic mass is 32.2. The van der Waals surface area contributed by atoms with E-state index in [2.05, 4.69) is 16.4 Å². The third-order valence-corrected chi connectivity index (χ3v) is 6.46. The molecule has 0 aliphatic carbocycles. The second-order valence-electron chi connectivity index (χ2n) is 7.52. The van der Waals surface area contributed by atoms with E-state index in [9.17, 15) is 9.59 Å². The van der Waals surface area contributed by atoms with E-state index < -0.39 is 6.04 Å². The molecule has 0 radical (unpaired) electrons. The summed E-state index contributed by atoms with van der Waals surface area (Å²) in [5.74, 6) is 0.994. The third-order valence-electron chi connectivity index (χ3n) is 5.45. The maximum Gasteiger partial charge on any atom is 0.256 e. The summed E-state index contributed by atoms with van der Waals surface area (Å²) in [6.45, 7) is 0. The number of aromatic nitrogens is 1. The first-order chi connectivity index (χ1) is 16.1. The largest absolute Gasteiger partial charge is 0.463 e. The van der Waals surface area contributed by atoms with Crippen molar-refractivity contribution in [2.24, 2.45) is 0 Å². The van der Waals surface area contributed by atoms with Gasteiger partial charge in [0, 0.05) is 16.8 Å². The molecule has 1 fully saturated rings. The van der Waals surface area contributed by atoms with Crippen LogP contribution in [0, 0.1) is 11.3 Å². The van der Waals surface area contributed by atoms with E-state index in [1.165, 1.54) is 11.8 Å². The average Bonchev–Trinajstić information content (AvgIpc) is 3.56. The van der Waals surface area contributed by atoms with Crippen molar-refractivity contribution in [2.75, 3.05) is 16.9 Å². The van der Waals surface area contributed by atoms with Gasteiger partial charge in [0.1, 0.15) is 11.7 Å². The van der Waals surface area contributed by atoms with Crippen LogP contribution in [0.2, 0.25) is 0 Å². The molecular weight excluding hydrogens is 436 g/mol. The van der Waals surface area contributed by atoms with E-state index in [0.717, 1.165) is 5.39 Å². The lowest BCUT2D eigenvalue weighted by Crippen LogP contribution is -2.44. The summed E-state index contributed by atoms with van der Waals surface area (Å²) in [4.78, 5) is 32.9. The topological polar surface area (TPSA) is 99.2 Å². The van der Waals surface area contributed by atoms with Crippen molar-refractivity contribution in [1.29, 1.82) is 5.26 Å². The van der Waals surface area contributed by atoms with E-state index in [1.807, 2.05) is 24.3 Å². The molecular formula is C25H18N4O3S. The number of amides is 2. The van der Waals surface area contributed by atoms with Gasteiger partial charge in [0.15, 0.2) is 5.76 Å². The van der Waals surface area contributed by atoms with Crippen LogP contribution in [0.1, 0.15) is 15.9 Å². The summed E-state index contributed by atoms with van der Waals surface area (Å²) < 4.78 is 5.50. The Balaban J connectivity index is 1.45. The molecule has 1 aliphatic heterocycles. The van der Waals surface area contributed by atoms with Gasteiger partial charge in [0.25, 0.3) is 5.91 Å². The Morgan fingerprint density at radius 2 is 1.94 bits per heavy atom. The number of carbonyl (C=O) groups excluding carboxylic acids is 2. The molecule has 1 unspecified atom stereocenters. The van der Waals surface area contributed by atoms with E-state index in [-0.39, 0.29) is 11.8 Å². The number of carbonyl (C=O) groups is 2. The molecule has 5 rings (SSSR count). The Labute approximate surface area is 194 Å². The molecule has 1 saturated heterocycles. The highest BCUT2D eigenvalue weighted by Crippen LogP contribution is 2.30. The van der Waals surface area contributed by atoms with E-state index in [4.69, 9.17) is 9.68 Å². The van der Waals surface area contributed by atoms with Crippen LogP contribution in [0.4, 0.5) is 5.69 Å². The molecule has 1 aliphatic rings. The van der Waals surface area contributed by atoms with Gasteiger partial charge in [-0.3, -0.25) is 9.59 Å². The Bertz CT molecular complexity index is 1380. The van der Waals surface area contributed by atoms with Gasteiger partial charge in [-0.1, -0.05) is 18.2 Å². The SMILES string of the molecule is N#Cc1ccc(NC(=O)C2CSCN2C(=O)c2cc(-c3ccco3)nc3ccccc23)cc1. The number of benzene rings is 2. The number of fused-ring (bicyclic) bond motifs is 1. The predicted molar refractivity (Wildman–Crippen MR) is 127 cm³/mol. The van der Waals surface area contributed by atoms with Crippen LogP contribution in [0.3, 0.4) is 0 Å². The normalized spacial score (nSPS) is 15.4. The number of rotatable bonds is 4. The van der Waals surface area contributed by atoms with Gasteiger partial charge in [-0.2, -0.15) is 5.26 Å². The number of nitrogens with zero attached hydrogens (tertiary/aromatic N) is 3. The number of thioether (sulfide) groups is 1. The fraction of sp³-hybridized carbons (Fsp3) is 0.120. The summed E-state index contributed by atoms with van der Waals surface area (Å²) in [6, 6.07) is 20.8. The molecule has 7 nitrogen and oxygen atoms in total. The van der Waals surface area contributed by atoms with Crippen molar-refractivity contribution in [1.82, 2.24) is 9.88 Å². The zero-order valence-electron chi connectivity index (χ0n) is 17.4. The lowest BCUT2D eigenvalue weighted by Gasteiger charge is -2.24. The summed E-state index contributed by atoms with van der Waals surface area (Å²) in [7, 11) is 0. The van der Waals surface area contributed by atoms with Crippen LogP contribution in [-0.4, -0.2) is 39.4 Å².